The Morgan fingerprint density at radius 1 is 1.29 bits per heavy atom. The highest BCUT2D eigenvalue weighted by Gasteiger charge is 2.13. The lowest BCUT2D eigenvalue weighted by Crippen LogP contribution is -2.33. The molecule has 0 aliphatic rings. The lowest BCUT2D eigenvalue weighted by molar-refractivity contribution is -0.115. The first kappa shape index (κ1) is 15.1. The number of carbonyl (C=O) groups is 1. The number of likely N-dealkylation sites (N-methyl/N-ethyl adjacent to an activating group) is 1. The summed E-state index contributed by atoms with van der Waals surface area (Å²) in [5.74, 6) is 1.02. The van der Waals surface area contributed by atoms with E-state index in [4.69, 9.17) is 4.52 Å². The molecule has 0 atom stereocenters. The van der Waals surface area contributed by atoms with Crippen molar-refractivity contribution in [1.82, 2.24) is 5.16 Å². The lowest BCUT2D eigenvalue weighted by Gasteiger charge is -2.24. The van der Waals surface area contributed by atoms with Gasteiger partial charge in [-0.05, 0) is 39.3 Å². The van der Waals surface area contributed by atoms with E-state index in [2.05, 4.69) is 42.5 Å². The van der Waals surface area contributed by atoms with Gasteiger partial charge >= 0.3 is 0 Å². The van der Waals surface area contributed by atoms with Crippen molar-refractivity contribution < 1.29 is 9.32 Å². The molecule has 112 valence electrons. The Bertz CT molecular complexity index is 634. The van der Waals surface area contributed by atoms with Crippen molar-refractivity contribution in [3.8, 4) is 0 Å². The zero-order valence-corrected chi connectivity index (χ0v) is 12.9. The minimum absolute atomic E-state index is 0.106. The molecular formula is C16H21N3O2. The average Bonchev–Trinajstić information content (AvgIpc) is 2.82. The van der Waals surface area contributed by atoms with Gasteiger partial charge in [0.1, 0.15) is 5.76 Å². The van der Waals surface area contributed by atoms with Crippen LogP contribution in [0, 0.1) is 20.8 Å². The fraction of sp³-hybridized carbons (Fsp3) is 0.375. The summed E-state index contributed by atoms with van der Waals surface area (Å²) >= 11 is 0. The molecule has 0 radical (unpaired) electrons. The smallest absolute Gasteiger partial charge is 0.245 e. The second-order valence-corrected chi connectivity index (χ2v) is 5.18. The number of rotatable bonds is 5. The van der Waals surface area contributed by atoms with Crippen LogP contribution in [0.25, 0.3) is 0 Å². The minimum Gasteiger partial charge on any atom is -0.362 e. The van der Waals surface area contributed by atoms with Gasteiger partial charge in [0.25, 0.3) is 0 Å². The highest BCUT2D eigenvalue weighted by molar-refractivity contribution is 5.93. The Morgan fingerprint density at radius 3 is 2.62 bits per heavy atom. The van der Waals surface area contributed by atoms with E-state index in [-0.39, 0.29) is 12.5 Å². The van der Waals surface area contributed by atoms with Crippen LogP contribution in [0.3, 0.4) is 0 Å². The van der Waals surface area contributed by atoms with E-state index in [9.17, 15) is 4.79 Å². The molecule has 1 amide bonds. The zero-order chi connectivity index (χ0) is 15.4. The topological polar surface area (TPSA) is 58.4 Å². The van der Waals surface area contributed by atoms with Crippen molar-refractivity contribution in [2.45, 2.75) is 27.7 Å². The van der Waals surface area contributed by atoms with Gasteiger partial charge in [0, 0.05) is 18.3 Å². The summed E-state index contributed by atoms with van der Waals surface area (Å²) in [4.78, 5) is 14.1. The van der Waals surface area contributed by atoms with Gasteiger partial charge in [-0.15, -0.1) is 0 Å². The molecule has 0 saturated carbocycles. The first-order chi connectivity index (χ1) is 9.99. The summed E-state index contributed by atoms with van der Waals surface area (Å²) in [7, 11) is 0. The molecular weight excluding hydrogens is 266 g/mol. The van der Waals surface area contributed by atoms with E-state index in [0.29, 0.717) is 11.6 Å². The maximum atomic E-state index is 12.1. The molecule has 1 heterocycles. The molecule has 0 saturated heterocycles. The predicted molar refractivity (Wildman–Crippen MR) is 83.7 cm³/mol. The number of aromatic nitrogens is 1. The number of carbonyl (C=O) groups excluding carboxylic acids is 1. The number of nitrogens with one attached hydrogen (secondary N) is 1. The predicted octanol–water partition coefficient (Wildman–Crippen LogP) is 3.06. The SMILES string of the molecule is CCN(CC(=O)Nc1cc(C)on1)c1ccc(C)cc1C. The highest BCUT2D eigenvalue weighted by atomic mass is 16.5. The van der Waals surface area contributed by atoms with Crippen LogP contribution in [0.4, 0.5) is 11.5 Å². The van der Waals surface area contributed by atoms with Crippen LogP contribution < -0.4 is 10.2 Å². The molecule has 1 N–H and O–H groups in total. The average molecular weight is 287 g/mol. The van der Waals surface area contributed by atoms with E-state index in [1.54, 1.807) is 13.0 Å². The van der Waals surface area contributed by atoms with Crippen LogP contribution in [0.2, 0.25) is 0 Å². The second-order valence-electron chi connectivity index (χ2n) is 5.18. The zero-order valence-electron chi connectivity index (χ0n) is 12.9. The molecule has 2 rings (SSSR count). The molecule has 0 fully saturated rings. The fourth-order valence-corrected chi connectivity index (χ4v) is 2.31. The molecule has 1 aromatic heterocycles. The fourth-order valence-electron chi connectivity index (χ4n) is 2.31. The van der Waals surface area contributed by atoms with Crippen LogP contribution in [0.5, 0.6) is 0 Å². The number of hydrogen-bond acceptors (Lipinski definition) is 4. The van der Waals surface area contributed by atoms with Crippen molar-refractivity contribution in [1.29, 1.82) is 0 Å². The molecule has 0 bridgehead atoms. The van der Waals surface area contributed by atoms with Gasteiger partial charge in [-0.3, -0.25) is 4.79 Å². The molecule has 5 heteroatoms. The normalized spacial score (nSPS) is 10.5. The van der Waals surface area contributed by atoms with Crippen molar-refractivity contribution >= 4 is 17.4 Å². The van der Waals surface area contributed by atoms with Crippen molar-refractivity contribution in [2.24, 2.45) is 0 Å². The van der Waals surface area contributed by atoms with E-state index >= 15 is 0 Å². The van der Waals surface area contributed by atoms with Crippen LogP contribution in [-0.2, 0) is 4.79 Å². The molecule has 0 unspecified atom stereocenters. The molecule has 2 aromatic rings. The summed E-state index contributed by atoms with van der Waals surface area (Å²) in [6, 6.07) is 7.94. The van der Waals surface area contributed by atoms with Crippen LogP contribution >= 0.6 is 0 Å². The van der Waals surface area contributed by atoms with E-state index in [0.717, 1.165) is 12.2 Å². The summed E-state index contributed by atoms with van der Waals surface area (Å²) in [6.45, 7) is 8.99. The standard InChI is InChI=1S/C16H21N3O2/c1-5-19(14-7-6-11(2)8-12(14)3)10-16(20)17-15-9-13(4)21-18-15/h6-9H,5,10H2,1-4H3,(H,17,18,20). The van der Waals surface area contributed by atoms with Crippen molar-refractivity contribution in [2.75, 3.05) is 23.3 Å². The van der Waals surface area contributed by atoms with Gasteiger partial charge in [-0.1, -0.05) is 22.9 Å². The molecule has 0 spiro atoms. The van der Waals surface area contributed by atoms with Gasteiger partial charge in [-0.25, -0.2) is 0 Å². The largest absolute Gasteiger partial charge is 0.362 e. The lowest BCUT2D eigenvalue weighted by atomic mass is 10.1. The van der Waals surface area contributed by atoms with E-state index < -0.39 is 0 Å². The molecule has 1 aromatic carbocycles. The number of benzene rings is 1. The number of nitrogens with zero attached hydrogens (tertiary/aromatic N) is 2. The number of hydrogen-bond donors (Lipinski definition) is 1. The second kappa shape index (κ2) is 6.43. The summed E-state index contributed by atoms with van der Waals surface area (Å²) in [6.07, 6.45) is 0. The van der Waals surface area contributed by atoms with E-state index in [1.165, 1.54) is 11.1 Å². The van der Waals surface area contributed by atoms with Crippen molar-refractivity contribution in [3.63, 3.8) is 0 Å². The Labute approximate surface area is 124 Å². The first-order valence-corrected chi connectivity index (χ1v) is 7.05. The number of aryl methyl sites for hydroxylation is 3. The third kappa shape index (κ3) is 3.84. The monoisotopic (exact) mass is 287 g/mol. The summed E-state index contributed by atoms with van der Waals surface area (Å²) in [5, 5.41) is 6.51. The van der Waals surface area contributed by atoms with E-state index in [1.807, 2.05) is 11.8 Å². The minimum atomic E-state index is -0.106. The molecule has 0 aliphatic carbocycles. The molecule has 0 aliphatic heterocycles. The van der Waals surface area contributed by atoms with Crippen LogP contribution in [0.15, 0.2) is 28.8 Å². The Kier molecular flexibility index (Phi) is 4.62. The number of amides is 1. The summed E-state index contributed by atoms with van der Waals surface area (Å²) in [5.41, 5.74) is 3.46. The van der Waals surface area contributed by atoms with Gasteiger partial charge in [-0.2, -0.15) is 0 Å². The van der Waals surface area contributed by atoms with Gasteiger partial charge in [0.2, 0.25) is 5.91 Å². The third-order valence-corrected chi connectivity index (χ3v) is 3.30. The number of anilines is 2. The van der Waals surface area contributed by atoms with Crippen LogP contribution in [0.1, 0.15) is 23.8 Å². The Morgan fingerprint density at radius 2 is 2.05 bits per heavy atom. The van der Waals surface area contributed by atoms with Crippen LogP contribution in [-0.4, -0.2) is 24.2 Å². The van der Waals surface area contributed by atoms with Gasteiger partial charge in [0.15, 0.2) is 5.82 Å². The molecule has 21 heavy (non-hydrogen) atoms. The maximum Gasteiger partial charge on any atom is 0.245 e. The molecule has 5 nitrogen and oxygen atoms in total. The Balaban J connectivity index is 2.06. The third-order valence-electron chi connectivity index (χ3n) is 3.30. The van der Waals surface area contributed by atoms with Gasteiger partial charge in [0.05, 0.1) is 6.54 Å². The van der Waals surface area contributed by atoms with Gasteiger partial charge < -0.3 is 14.7 Å². The first-order valence-electron chi connectivity index (χ1n) is 7.05. The summed E-state index contributed by atoms with van der Waals surface area (Å²) < 4.78 is 4.94. The Hall–Kier alpha value is -2.30. The van der Waals surface area contributed by atoms with Crippen molar-refractivity contribution in [3.05, 3.63) is 41.2 Å². The quantitative estimate of drug-likeness (QED) is 0.918. The maximum absolute atomic E-state index is 12.1. The highest BCUT2D eigenvalue weighted by Crippen LogP contribution is 2.21.